The predicted octanol–water partition coefficient (Wildman–Crippen LogP) is 1.45. The largest absolute Gasteiger partial charge is 0.392 e. The summed E-state index contributed by atoms with van der Waals surface area (Å²) in [6, 6.07) is 2.03. The standard InChI is InChI=1S/C11H15ClN2O2/c1-8-7-16-3-2-14(8)11-10(12)4-9(6-15)5-13-11/h4-5,8,15H,2-3,6-7H2,1H3. The second-order valence-electron chi connectivity index (χ2n) is 3.92. The van der Waals surface area contributed by atoms with Gasteiger partial charge in [0.2, 0.25) is 0 Å². The SMILES string of the molecule is CC1COCCN1c1ncc(CO)cc1Cl. The molecule has 0 aromatic carbocycles. The molecular formula is C11H15ClN2O2. The van der Waals surface area contributed by atoms with Gasteiger partial charge in [-0.1, -0.05) is 11.6 Å². The van der Waals surface area contributed by atoms with E-state index in [9.17, 15) is 0 Å². The van der Waals surface area contributed by atoms with Gasteiger partial charge in [-0.25, -0.2) is 4.98 Å². The van der Waals surface area contributed by atoms with Crippen LogP contribution >= 0.6 is 11.6 Å². The molecule has 0 bridgehead atoms. The van der Waals surface area contributed by atoms with Crippen molar-refractivity contribution in [3.8, 4) is 0 Å². The second-order valence-corrected chi connectivity index (χ2v) is 4.33. The second kappa shape index (κ2) is 4.99. The Morgan fingerprint density at radius 1 is 1.69 bits per heavy atom. The number of aromatic nitrogens is 1. The Morgan fingerprint density at radius 2 is 2.50 bits per heavy atom. The third-order valence-electron chi connectivity index (χ3n) is 2.70. The van der Waals surface area contributed by atoms with Crippen LogP contribution in [0, 0.1) is 0 Å². The Kier molecular flexibility index (Phi) is 3.63. The molecule has 0 saturated carbocycles. The minimum atomic E-state index is -0.0360. The molecule has 0 aliphatic carbocycles. The highest BCUT2D eigenvalue weighted by atomic mass is 35.5. The number of hydrogen-bond acceptors (Lipinski definition) is 4. The highest BCUT2D eigenvalue weighted by molar-refractivity contribution is 6.33. The molecule has 1 saturated heterocycles. The van der Waals surface area contributed by atoms with Crippen LogP contribution in [0.4, 0.5) is 5.82 Å². The fraction of sp³-hybridized carbons (Fsp3) is 0.545. The number of nitrogens with zero attached hydrogens (tertiary/aromatic N) is 2. The van der Waals surface area contributed by atoms with Crippen molar-refractivity contribution in [3.05, 3.63) is 22.8 Å². The van der Waals surface area contributed by atoms with Gasteiger partial charge in [-0.2, -0.15) is 0 Å². The first-order chi connectivity index (χ1) is 7.72. The first-order valence-corrected chi connectivity index (χ1v) is 5.70. The third-order valence-corrected chi connectivity index (χ3v) is 2.98. The van der Waals surface area contributed by atoms with Crippen molar-refractivity contribution < 1.29 is 9.84 Å². The summed E-state index contributed by atoms with van der Waals surface area (Å²) in [4.78, 5) is 6.43. The number of anilines is 1. The molecule has 16 heavy (non-hydrogen) atoms. The van der Waals surface area contributed by atoms with Crippen molar-refractivity contribution in [2.24, 2.45) is 0 Å². The van der Waals surface area contributed by atoms with E-state index in [4.69, 9.17) is 21.4 Å². The molecule has 0 amide bonds. The van der Waals surface area contributed by atoms with Crippen molar-refractivity contribution in [3.63, 3.8) is 0 Å². The zero-order valence-electron chi connectivity index (χ0n) is 9.19. The molecule has 0 spiro atoms. The van der Waals surface area contributed by atoms with Crippen LogP contribution in [0.25, 0.3) is 0 Å². The van der Waals surface area contributed by atoms with E-state index in [1.54, 1.807) is 12.3 Å². The summed E-state index contributed by atoms with van der Waals surface area (Å²) < 4.78 is 5.37. The maximum Gasteiger partial charge on any atom is 0.147 e. The van der Waals surface area contributed by atoms with Crippen LogP contribution in [-0.2, 0) is 11.3 Å². The van der Waals surface area contributed by atoms with Crippen LogP contribution in [-0.4, -0.2) is 35.9 Å². The van der Waals surface area contributed by atoms with Crippen molar-refractivity contribution in [2.45, 2.75) is 19.6 Å². The Bertz CT molecular complexity index is 373. The Hall–Kier alpha value is -0.840. The molecule has 1 atom stereocenters. The molecular weight excluding hydrogens is 228 g/mol. The Labute approximate surface area is 99.8 Å². The number of halogens is 1. The summed E-state index contributed by atoms with van der Waals surface area (Å²) in [5, 5.41) is 9.57. The molecule has 88 valence electrons. The Balaban J connectivity index is 2.25. The molecule has 1 aromatic rings. The molecule has 0 radical (unpaired) electrons. The van der Waals surface area contributed by atoms with Crippen LogP contribution in [0.15, 0.2) is 12.3 Å². The van der Waals surface area contributed by atoms with Gasteiger partial charge in [0, 0.05) is 12.7 Å². The highest BCUT2D eigenvalue weighted by Crippen LogP contribution is 2.26. The molecule has 1 aromatic heterocycles. The summed E-state index contributed by atoms with van der Waals surface area (Å²) >= 11 is 6.15. The summed E-state index contributed by atoms with van der Waals surface area (Å²) in [7, 11) is 0. The number of hydrogen-bond donors (Lipinski definition) is 1. The topological polar surface area (TPSA) is 45.6 Å². The first kappa shape index (κ1) is 11.6. The van der Waals surface area contributed by atoms with Crippen LogP contribution < -0.4 is 4.90 Å². The van der Waals surface area contributed by atoms with Crippen molar-refractivity contribution in [1.29, 1.82) is 0 Å². The number of morpholine rings is 1. The number of rotatable bonds is 2. The molecule has 5 heteroatoms. The van der Waals surface area contributed by atoms with E-state index >= 15 is 0 Å². The molecule has 4 nitrogen and oxygen atoms in total. The minimum absolute atomic E-state index is 0.0360. The van der Waals surface area contributed by atoms with Crippen LogP contribution in [0.5, 0.6) is 0 Å². The maximum atomic E-state index is 8.98. The van der Waals surface area contributed by atoms with Crippen LogP contribution in [0.3, 0.4) is 0 Å². The van der Waals surface area contributed by atoms with E-state index in [0.29, 0.717) is 18.2 Å². The number of pyridine rings is 1. The highest BCUT2D eigenvalue weighted by Gasteiger charge is 2.22. The van der Waals surface area contributed by atoms with Gasteiger partial charge in [-0.05, 0) is 18.6 Å². The first-order valence-electron chi connectivity index (χ1n) is 5.32. The van der Waals surface area contributed by atoms with Gasteiger partial charge in [-0.3, -0.25) is 0 Å². The average molecular weight is 243 g/mol. The molecule has 1 fully saturated rings. The normalized spacial score (nSPS) is 21.2. The molecule has 2 rings (SSSR count). The lowest BCUT2D eigenvalue weighted by atomic mass is 10.2. The summed E-state index contributed by atoms with van der Waals surface area (Å²) in [6.07, 6.45) is 1.66. The van der Waals surface area contributed by atoms with Crippen molar-refractivity contribution in [1.82, 2.24) is 4.98 Å². The summed E-state index contributed by atoms with van der Waals surface area (Å²) in [6.45, 7) is 4.24. The van der Waals surface area contributed by atoms with E-state index in [1.165, 1.54) is 0 Å². The van der Waals surface area contributed by atoms with E-state index in [2.05, 4.69) is 16.8 Å². The van der Waals surface area contributed by atoms with Gasteiger partial charge in [0.15, 0.2) is 0 Å². The number of aliphatic hydroxyl groups excluding tert-OH is 1. The number of aliphatic hydroxyl groups is 1. The number of ether oxygens (including phenoxy) is 1. The fourth-order valence-electron chi connectivity index (χ4n) is 1.81. The summed E-state index contributed by atoms with van der Waals surface area (Å²) in [5.74, 6) is 0.773. The van der Waals surface area contributed by atoms with E-state index in [-0.39, 0.29) is 12.6 Å². The van der Waals surface area contributed by atoms with Crippen molar-refractivity contribution in [2.75, 3.05) is 24.7 Å². The molecule has 1 aliphatic rings. The van der Waals surface area contributed by atoms with Gasteiger partial charge in [-0.15, -0.1) is 0 Å². The minimum Gasteiger partial charge on any atom is -0.392 e. The van der Waals surface area contributed by atoms with Gasteiger partial charge in [0.05, 0.1) is 30.9 Å². The smallest absolute Gasteiger partial charge is 0.147 e. The van der Waals surface area contributed by atoms with Gasteiger partial charge in [0.1, 0.15) is 5.82 Å². The van der Waals surface area contributed by atoms with Gasteiger partial charge >= 0.3 is 0 Å². The lowest BCUT2D eigenvalue weighted by Gasteiger charge is -2.34. The third kappa shape index (κ3) is 2.29. The fourth-order valence-corrected chi connectivity index (χ4v) is 2.11. The zero-order valence-corrected chi connectivity index (χ0v) is 9.94. The molecule has 1 N–H and O–H groups in total. The predicted molar refractivity (Wildman–Crippen MR) is 62.8 cm³/mol. The van der Waals surface area contributed by atoms with Crippen LogP contribution in [0.1, 0.15) is 12.5 Å². The lowest BCUT2D eigenvalue weighted by Crippen LogP contribution is -2.44. The van der Waals surface area contributed by atoms with E-state index in [1.807, 2.05) is 0 Å². The maximum absolute atomic E-state index is 8.98. The van der Waals surface area contributed by atoms with E-state index in [0.717, 1.165) is 17.9 Å². The molecule has 1 aliphatic heterocycles. The van der Waals surface area contributed by atoms with Gasteiger partial charge < -0.3 is 14.7 Å². The monoisotopic (exact) mass is 242 g/mol. The quantitative estimate of drug-likeness (QED) is 0.853. The van der Waals surface area contributed by atoms with Crippen molar-refractivity contribution >= 4 is 17.4 Å². The van der Waals surface area contributed by atoms with Gasteiger partial charge in [0.25, 0.3) is 0 Å². The average Bonchev–Trinajstić information content (AvgIpc) is 2.30. The Morgan fingerprint density at radius 3 is 3.12 bits per heavy atom. The summed E-state index contributed by atoms with van der Waals surface area (Å²) in [5.41, 5.74) is 0.731. The molecule has 1 unspecified atom stereocenters. The van der Waals surface area contributed by atoms with E-state index < -0.39 is 0 Å². The zero-order chi connectivity index (χ0) is 11.5. The van der Waals surface area contributed by atoms with Crippen LogP contribution in [0.2, 0.25) is 5.02 Å². The lowest BCUT2D eigenvalue weighted by molar-refractivity contribution is 0.0985. The molecule has 2 heterocycles.